The van der Waals surface area contributed by atoms with Crippen LogP contribution in [0.2, 0.25) is 0 Å². The summed E-state index contributed by atoms with van der Waals surface area (Å²) in [5, 5.41) is 0. The number of likely N-dealkylation sites (tertiary alicyclic amines) is 1. The van der Waals surface area contributed by atoms with Gasteiger partial charge in [-0.3, -0.25) is 9.69 Å². The van der Waals surface area contributed by atoms with Crippen molar-refractivity contribution >= 4 is 27.1 Å². The second-order valence-corrected chi connectivity index (χ2v) is 13.4. The lowest BCUT2D eigenvalue weighted by molar-refractivity contribution is -0.119. The molecule has 0 radical (unpaired) electrons. The predicted molar refractivity (Wildman–Crippen MR) is 171 cm³/mol. The first-order valence-corrected chi connectivity index (χ1v) is 17.0. The summed E-state index contributed by atoms with van der Waals surface area (Å²) in [6, 6.07) is 15.6. The van der Waals surface area contributed by atoms with Crippen LogP contribution in [0.5, 0.6) is 0 Å². The Morgan fingerprint density at radius 3 is 2.33 bits per heavy atom. The van der Waals surface area contributed by atoms with Crippen molar-refractivity contribution in [1.29, 1.82) is 0 Å². The molecule has 1 aliphatic rings. The molecule has 5 rings (SSSR count). The van der Waals surface area contributed by atoms with Crippen LogP contribution in [-0.4, -0.2) is 46.8 Å². The standard InChI is InChI=1S/C34H43N5O3S/c1-5-7-8-11-32(40)37-43(41,42)30-17-14-27(22-38-18-9-10-19-38)21-29(30)28-15-12-26(13-16-28)23-39-31(6-2)36-33-24(3)20-25(4)35-34(33)39/h12-17,20-21H,5-11,18-19,22-23H2,1-4H3,(H,37,40). The molecule has 8 nitrogen and oxygen atoms in total. The molecule has 0 saturated carbocycles. The summed E-state index contributed by atoms with van der Waals surface area (Å²) < 4.78 is 31.5. The lowest BCUT2D eigenvalue weighted by Gasteiger charge is -2.18. The van der Waals surface area contributed by atoms with Gasteiger partial charge in [0.2, 0.25) is 5.91 Å². The van der Waals surface area contributed by atoms with E-state index in [1.165, 1.54) is 12.8 Å². The molecular weight excluding hydrogens is 558 g/mol. The third-order valence-electron chi connectivity index (χ3n) is 8.22. The first-order chi connectivity index (χ1) is 20.7. The number of hydrogen-bond acceptors (Lipinski definition) is 6. The van der Waals surface area contributed by atoms with Crippen molar-refractivity contribution in [2.45, 2.75) is 90.6 Å². The zero-order valence-corrected chi connectivity index (χ0v) is 26.6. The number of imidazole rings is 1. The fourth-order valence-electron chi connectivity index (χ4n) is 5.98. The van der Waals surface area contributed by atoms with Crippen LogP contribution in [0.25, 0.3) is 22.3 Å². The number of sulfonamides is 1. The van der Waals surface area contributed by atoms with Gasteiger partial charge in [0.25, 0.3) is 10.0 Å². The molecule has 9 heteroatoms. The van der Waals surface area contributed by atoms with Crippen molar-refractivity contribution in [2.24, 2.45) is 0 Å². The number of fused-ring (bicyclic) bond motifs is 1. The molecule has 43 heavy (non-hydrogen) atoms. The Hall–Kier alpha value is -3.56. The number of unbranched alkanes of at least 4 members (excludes halogenated alkanes) is 2. The molecule has 0 aliphatic carbocycles. The number of benzene rings is 2. The highest BCUT2D eigenvalue weighted by Gasteiger charge is 2.23. The molecule has 1 saturated heterocycles. The maximum absolute atomic E-state index is 13.5. The van der Waals surface area contributed by atoms with Gasteiger partial charge in [-0.15, -0.1) is 0 Å². The summed E-state index contributed by atoms with van der Waals surface area (Å²) in [7, 11) is -4.05. The number of hydrogen-bond donors (Lipinski definition) is 1. The van der Waals surface area contributed by atoms with E-state index in [2.05, 4.69) is 41.0 Å². The van der Waals surface area contributed by atoms with Gasteiger partial charge in [0.15, 0.2) is 5.65 Å². The van der Waals surface area contributed by atoms with Crippen molar-refractivity contribution < 1.29 is 13.2 Å². The van der Waals surface area contributed by atoms with Crippen LogP contribution in [0.15, 0.2) is 53.4 Å². The predicted octanol–water partition coefficient (Wildman–Crippen LogP) is 6.31. The molecule has 1 aliphatic heterocycles. The second-order valence-electron chi connectivity index (χ2n) is 11.7. The summed E-state index contributed by atoms with van der Waals surface area (Å²) in [4.78, 5) is 24.7. The van der Waals surface area contributed by atoms with Gasteiger partial charge in [-0.1, -0.05) is 57.0 Å². The minimum Gasteiger partial charge on any atom is -0.308 e. The zero-order valence-electron chi connectivity index (χ0n) is 25.8. The lowest BCUT2D eigenvalue weighted by Crippen LogP contribution is -2.30. The Bertz CT molecular complexity index is 1700. The van der Waals surface area contributed by atoms with E-state index in [-0.39, 0.29) is 11.3 Å². The first-order valence-electron chi connectivity index (χ1n) is 15.5. The van der Waals surface area contributed by atoms with Crippen molar-refractivity contribution in [2.75, 3.05) is 13.1 Å². The monoisotopic (exact) mass is 601 g/mol. The molecular formula is C34H43N5O3S. The maximum Gasteiger partial charge on any atom is 0.264 e. The molecule has 2 aromatic heterocycles. The zero-order chi connectivity index (χ0) is 30.6. The largest absolute Gasteiger partial charge is 0.308 e. The highest BCUT2D eigenvalue weighted by molar-refractivity contribution is 7.90. The molecule has 4 aromatic rings. The van der Waals surface area contributed by atoms with Gasteiger partial charge in [-0.25, -0.2) is 23.1 Å². The van der Waals surface area contributed by atoms with Crippen LogP contribution < -0.4 is 4.72 Å². The van der Waals surface area contributed by atoms with Crippen LogP contribution in [-0.2, 0) is 34.3 Å². The Labute approximate surface area is 255 Å². The fourth-order valence-corrected chi connectivity index (χ4v) is 7.21. The van der Waals surface area contributed by atoms with E-state index in [4.69, 9.17) is 9.97 Å². The van der Waals surface area contributed by atoms with Gasteiger partial charge < -0.3 is 4.57 Å². The van der Waals surface area contributed by atoms with Crippen LogP contribution in [0, 0.1) is 13.8 Å². The topological polar surface area (TPSA) is 97.2 Å². The summed E-state index contributed by atoms with van der Waals surface area (Å²) in [5.41, 5.74) is 7.42. The van der Waals surface area contributed by atoms with Crippen LogP contribution in [0.4, 0.5) is 0 Å². The van der Waals surface area contributed by atoms with Crippen LogP contribution in [0.1, 0.15) is 80.6 Å². The fraction of sp³-hybridized carbons (Fsp3) is 0.441. The molecule has 2 aromatic carbocycles. The minimum atomic E-state index is -4.05. The van der Waals surface area contributed by atoms with E-state index in [0.717, 1.165) is 83.8 Å². The molecule has 1 amide bonds. The average Bonchev–Trinajstić information content (AvgIpc) is 3.61. The van der Waals surface area contributed by atoms with Crippen molar-refractivity contribution in [1.82, 2.24) is 24.2 Å². The quantitative estimate of drug-likeness (QED) is 0.191. The SMILES string of the molecule is CCCCCC(=O)NS(=O)(=O)c1ccc(CN2CCCC2)cc1-c1ccc(Cn2c(CC)nc3c(C)cc(C)nc32)cc1. The number of amides is 1. The van der Waals surface area contributed by atoms with Gasteiger partial charge >= 0.3 is 0 Å². The summed E-state index contributed by atoms with van der Waals surface area (Å²) >= 11 is 0. The number of aromatic nitrogens is 3. The van der Waals surface area contributed by atoms with Gasteiger partial charge in [0.1, 0.15) is 11.3 Å². The number of pyridine rings is 1. The van der Waals surface area contributed by atoms with Crippen LogP contribution in [0.3, 0.4) is 0 Å². The molecule has 0 atom stereocenters. The van der Waals surface area contributed by atoms with Crippen molar-refractivity contribution in [3.63, 3.8) is 0 Å². The van der Waals surface area contributed by atoms with E-state index < -0.39 is 15.9 Å². The van der Waals surface area contributed by atoms with E-state index in [1.807, 2.05) is 43.3 Å². The molecule has 3 heterocycles. The highest BCUT2D eigenvalue weighted by atomic mass is 32.2. The summed E-state index contributed by atoms with van der Waals surface area (Å²) in [6.07, 6.45) is 5.88. The van der Waals surface area contributed by atoms with E-state index >= 15 is 0 Å². The average molecular weight is 602 g/mol. The highest BCUT2D eigenvalue weighted by Crippen LogP contribution is 2.31. The van der Waals surface area contributed by atoms with Gasteiger partial charge in [-0.2, -0.15) is 0 Å². The molecule has 0 spiro atoms. The van der Waals surface area contributed by atoms with E-state index in [0.29, 0.717) is 18.5 Å². The first kappa shape index (κ1) is 30.9. The smallest absolute Gasteiger partial charge is 0.264 e. The molecule has 0 unspecified atom stereocenters. The van der Waals surface area contributed by atoms with E-state index in [1.54, 1.807) is 6.07 Å². The molecule has 0 bridgehead atoms. The van der Waals surface area contributed by atoms with Crippen molar-refractivity contribution in [3.8, 4) is 11.1 Å². The second kappa shape index (κ2) is 13.4. The number of nitrogens with one attached hydrogen (secondary N) is 1. The molecule has 228 valence electrons. The summed E-state index contributed by atoms with van der Waals surface area (Å²) in [5.74, 6) is 0.521. The number of carbonyl (C=O) groups is 1. The Morgan fingerprint density at radius 2 is 1.63 bits per heavy atom. The van der Waals surface area contributed by atoms with Gasteiger partial charge in [0, 0.05) is 30.6 Å². The number of aryl methyl sites for hydroxylation is 3. The molecule has 1 fully saturated rings. The van der Waals surface area contributed by atoms with Crippen molar-refractivity contribution in [3.05, 3.63) is 76.7 Å². The van der Waals surface area contributed by atoms with Gasteiger partial charge in [-0.05, 0) is 86.7 Å². The molecule has 1 N–H and O–H groups in total. The summed E-state index contributed by atoms with van der Waals surface area (Å²) in [6.45, 7) is 11.7. The number of nitrogens with zero attached hydrogens (tertiary/aromatic N) is 4. The number of rotatable bonds is 12. The lowest BCUT2D eigenvalue weighted by atomic mass is 10.0. The van der Waals surface area contributed by atoms with E-state index in [9.17, 15) is 13.2 Å². The Balaban J connectivity index is 1.47. The Kier molecular flexibility index (Phi) is 9.62. The Morgan fingerprint density at radius 1 is 0.907 bits per heavy atom. The van der Waals surface area contributed by atoms with Crippen LogP contribution >= 0.6 is 0 Å². The normalized spacial score (nSPS) is 14.0. The number of carbonyl (C=O) groups excluding carboxylic acids is 1. The third-order valence-corrected chi connectivity index (χ3v) is 9.65. The maximum atomic E-state index is 13.5. The minimum absolute atomic E-state index is 0.123. The third kappa shape index (κ3) is 7.16. The van der Waals surface area contributed by atoms with Gasteiger partial charge in [0.05, 0.1) is 11.4 Å².